The minimum Gasteiger partial charge on any atom is -0.356 e. The summed E-state index contributed by atoms with van der Waals surface area (Å²) in [5.41, 5.74) is 1.15. The molecule has 5 nitrogen and oxygen atoms in total. The van der Waals surface area contributed by atoms with Crippen molar-refractivity contribution in [3.8, 4) is 0 Å². The first-order chi connectivity index (χ1) is 9.65. The van der Waals surface area contributed by atoms with E-state index < -0.39 is 0 Å². The summed E-state index contributed by atoms with van der Waals surface area (Å²) in [7, 11) is 2.16. The van der Waals surface area contributed by atoms with Crippen LogP contribution in [0.4, 0.5) is 11.8 Å². The number of aryl methyl sites for hydroxylation is 1. The van der Waals surface area contributed by atoms with Gasteiger partial charge in [0.25, 0.3) is 0 Å². The van der Waals surface area contributed by atoms with Crippen LogP contribution in [-0.4, -0.2) is 54.1 Å². The van der Waals surface area contributed by atoms with Crippen molar-refractivity contribution in [1.82, 2.24) is 14.9 Å². The second-order valence-electron chi connectivity index (χ2n) is 5.51. The van der Waals surface area contributed by atoms with Gasteiger partial charge in [0, 0.05) is 44.5 Å². The molecule has 0 bridgehead atoms. The summed E-state index contributed by atoms with van der Waals surface area (Å²) in [4.78, 5) is 13.8. The van der Waals surface area contributed by atoms with E-state index >= 15 is 0 Å². The largest absolute Gasteiger partial charge is 0.356 e. The molecule has 2 rings (SSSR count). The number of anilines is 2. The number of piperidine rings is 1. The first-order valence-electron chi connectivity index (χ1n) is 7.68. The van der Waals surface area contributed by atoms with Crippen LogP contribution in [0, 0.1) is 6.92 Å². The van der Waals surface area contributed by atoms with Gasteiger partial charge in [-0.2, -0.15) is 4.98 Å². The molecule has 20 heavy (non-hydrogen) atoms. The highest BCUT2D eigenvalue weighted by Gasteiger charge is 2.23. The predicted molar refractivity (Wildman–Crippen MR) is 84.5 cm³/mol. The molecule has 0 aliphatic carbocycles. The maximum absolute atomic E-state index is 4.67. The molecule has 1 fully saturated rings. The van der Waals surface area contributed by atoms with E-state index in [1.54, 1.807) is 0 Å². The van der Waals surface area contributed by atoms with Crippen LogP contribution in [0.5, 0.6) is 0 Å². The lowest BCUT2D eigenvalue weighted by Crippen LogP contribution is -2.43. The summed E-state index contributed by atoms with van der Waals surface area (Å²) in [6, 6.07) is 0.584. The predicted octanol–water partition coefficient (Wildman–Crippen LogP) is 2.14. The van der Waals surface area contributed by atoms with Gasteiger partial charge in [0.2, 0.25) is 5.95 Å². The number of nitrogens with one attached hydrogen (secondary N) is 1. The molecule has 1 aromatic rings. The lowest BCUT2D eigenvalue weighted by molar-refractivity contribution is 0.220. The Balaban J connectivity index is 2.08. The van der Waals surface area contributed by atoms with E-state index in [1.807, 2.05) is 6.20 Å². The fourth-order valence-corrected chi connectivity index (χ4v) is 2.83. The normalized spacial score (nSPS) is 17.2. The monoisotopic (exact) mass is 277 g/mol. The molecule has 0 amide bonds. The van der Waals surface area contributed by atoms with Crippen molar-refractivity contribution in [2.75, 3.05) is 43.4 Å². The molecule has 0 saturated carbocycles. The zero-order chi connectivity index (χ0) is 14.5. The van der Waals surface area contributed by atoms with Crippen LogP contribution in [0.15, 0.2) is 6.20 Å². The number of hydrogen-bond donors (Lipinski definition) is 1. The third kappa shape index (κ3) is 3.39. The topological polar surface area (TPSA) is 44.3 Å². The molecular formula is C15H27N5. The maximum atomic E-state index is 4.67. The Morgan fingerprint density at radius 1 is 1.35 bits per heavy atom. The van der Waals surface area contributed by atoms with Gasteiger partial charge in [-0.1, -0.05) is 6.92 Å². The quantitative estimate of drug-likeness (QED) is 0.893. The first kappa shape index (κ1) is 15.0. The van der Waals surface area contributed by atoms with E-state index in [0.29, 0.717) is 6.04 Å². The van der Waals surface area contributed by atoms with Crippen molar-refractivity contribution in [1.29, 1.82) is 0 Å². The molecule has 2 heterocycles. The Labute approximate surface area is 122 Å². The molecule has 1 N–H and O–H groups in total. The second kappa shape index (κ2) is 6.88. The Bertz CT molecular complexity index is 426. The summed E-state index contributed by atoms with van der Waals surface area (Å²) < 4.78 is 0. The van der Waals surface area contributed by atoms with Gasteiger partial charge in [-0.15, -0.1) is 0 Å². The number of hydrogen-bond acceptors (Lipinski definition) is 5. The number of nitrogens with zero attached hydrogens (tertiary/aromatic N) is 4. The first-order valence-corrected chi connectivity index (χ1v) is 7.68. The van der Waals surface area contributed by atoms with Gasteiger partial charge in [0.1, 0.15) is 5.82 Å². The minimum atomic E-state index is 0.584. The average Bonchev–Trinajstić information content (AvgIpc) is 2.49. The minimum absolute atomic E-state index is 0.584. The molecule has 1 aliphatic rings. The van der Waals surface area contributed by atoms with Gasteiger partial charge < -0.3 is 15.1 Å². The molecule has 0 radical (unpaired) electrons. The Morgan fingerprint density at radius 3 is 2.65 bits per heavy atom. The van der Waals surface area contributed by atoms with Crippen molar-refractivity contribution >= 4 is 11.8 Å². The van der Waals surface area contributed by atoms with E-state index in [9.17, 15) is 0 Å². The third-order valence-corrected chi connectivity index (χ3v) is 4.17. The highest BCUT2D eigenvalue weighted by atomic mass is 15.2. The van der Waals surface area contributed by atoms with Crippen LogP contribution in [0.2, 0.25) is 0 Å². The van der Waals surface area contributed by atoms with Crippen LogP contribution >= 0.6 is 0 Å². The van der Waals surface area contributed by atoms with Crippen LogP contribution in [-0.2, 0) is 0 Å². The van der Waals surface area contributed by atoms with Gasteiger partial charge >= 0.3 is 0 Å². The fraction of sp³-hybridized carbons (Fsp3) is 0.733. The molecule has 112 valence electrons. The molecule has 5 heteroatoms. The molecule has 1 aromatic heterocycles. The molecular weight excluding hydrogens is 250 g/mol. The molecule has 0 aromatic carbocycles. The summed E-state index contributed by atoms with van der Waals surface area (Å²) in [5.74, 6) is 1.79. The highest BCUT2D eigenvalue weighted by molar-refractivity contribution is 5.49. The number of rotatable bonds is 5. The summed E-state index contributed by atoms with van der Waals surface area (Å²) in [6.45, 7) is 10.8. The van der Waals surface area contributed by atoms with Crippen LogP contribution in [0.25, 0.3) is 0 Å². The van der Waals surface area contributed by atoms with Crippen molar-refractivity contribution in [2.45, 2.75) is 39.7 Å². The molecule has 0 unspecified atom stereocenters. The smallest absolute Gasteiger partial charge is 0.224 e. The van der Waals surface area contributed by atoms with Gasteiger partial charge in [-0.05, 0) is 33.2 Å². The van der Waals surface area contributed by atoms with E-state index in [1.165, 1.54) is 25.9 Å². The van der Waals surface area contributed by atoms with Gasteiger partial charge in [-0.25, -0.2) is 4.98 Å². The van der Waals surface area contributed by atoms with E-state index in [2.05, 4.69) is 52.9 Å². The molecule has 0 spiro atoms. The van der Waals surface area contributed by atoms with Gasteiger partial charge in [0.15, 0.2) is 0 Å². The average molecular weight is 277 g/mol. The van der Waals surface area contributed by atoms with Crippen molar-refractivity contribution in [2.24, 2.45) is 0 Å². The highest BCUT2D eigenvalue weighted by Crippen LogP contribution is 2.23. The second-order valence-corrected chi connectivity index (χ2v) is 5.51. The number of aromatic nitrogens is 2. The van der Waals surface area contributed by atoms with Crippen LogP contribution in [0.3, 0.4) is 0 Å². The summed E-state index contributed by atoms with van der Waals surface area (Å²) in [6.07, 6.45) is 4.34. The molecule has 1 aliphatic heterocycles. The molecule has 1 saturated heterocycles. The number of likely N-dealkylation sites (tertiary alicyclic amines) is 1. The van der Waals surface area contributed by atoms with Crippen molar-refractivity contribution < 1.29 is 0 Å². The third-order valence-electron chi connectivity index (χ3n) is 4.17. The summed E-state index contributed by atoms with van der Waals surface area (Å²) >= 11 is 0. The molecule has 0 atom stereocenters. The van der Waals surface area contributed by atoms with E-state index in [-0.39, 0.29) is 0 Å². The fourth-order valence-electron chi connectivity index (χ4n) is 2.83. The SMILES string of the molecule is CCNc1ncc(C)c(N(C)C2CCN(CC)CC2)n1. The summed E-state index contributed by atoms with van der Waals surface area (Å²) in [5, 5.41) is 3.19. The Kier molecular flexibility index (Phi) is 5.17. The van der Waals surface area contributed by atoms with Crippen LogP contribution < -0.4 is 10.2 Å². The van der Waals surface area contributed by atoms with E-state index in [4.69, 9.17) is 0 Å². The van der Waals surface area contributed by atoms with E-state index in [0.717, 1.165) is 30.4 Å². The standard InChI is InChI=1S/C15H27N5/c1-5-16-15-17-11-12(3)14(18-15)19(4)13-7-9-20(6-2)10-8-13/h11,13H,5-10H2,1-4H3,(H,16,17,18). The maximum Gasteiger partial charge on any atom is 0.224 e. The Hall–Kier alpha value is -1.36. The zero-order valence-corrected chi connectivity index (χ0v) is 13.2. The van der Waals surface area contributed by atoms with Gasteiger partial charge in [-0.3, -0.25) is 0 Å². The Morgan fingerprint density at radius 2 is 2.05 bits per heavy atom. The van der Waals surface area contributed by atoms with Crippen molar-refractivity contribution in [3.63, 3.8) is 0 Å². The van der Waals surface area contributed by atoms with Crippen LogP contribution in [0.1, 0.15) is 32.3 Å². The van der Waals surface area contributed by atoms with Crippen molar-refractivity contribution in [3.05, 3.63) is 11.8 Å². The van der Waals surface area contributed by atoms with Gasteiger partial charge in [0.05, 0.1) is 0 Å². The lowest BCUT2D eigenvalue weighted by Gasteiger charge is -2.37. The lowest BCUT2D eigenvalue weighted by atomic mass is 10.0. The zero-order valence-electron chi connectivity index (χ0n) is 13.2.